The molecule has 0 aromatic heterocycles. The molecule has 1 aliphatic rings. The van der Waals surface area contributed by atoms with Crippen LogP contribution in [0, 0.1) is 5.92 Å². The molecule has 0 spiro atoms. The van der Waals surface area contributed by atoms with Crippen molar-refractivity contribution in [1.29, 1.82) is 0 Å². The first-order valence-electron chi connectivity index (χ1n) is 3.17. The quantitative estimate of drug-likeness (QED) is 0.566. The van der Waals surface area contributed by atoms with Crippen LogP contribution in [0.3, 0.4) is 0 Å². The predicted molar refractivity (Wildman–Crippen MR) is 32.3 cm³/mol. The van der Waals surface area contributed by atoms with E-state index in [1.54, 1.807) is 6.92 Å². The van der Waals surface area contributed by atoms with E-state index in [1.807, 2.05) is 0 Å². The molecule has 2 N–H and O–H groups in total. The molecule has 1 saturated heterocycles. The molecule has 0 aromatic carbocycles. The van der Waals surface area contributed by atoms with Gasteiger partial charge in [0, 0.05) is 6.42 Å². The molecule has 0 amide bonds. The Hall–Kier alpha value is -0.610. The van der Waals surface area contributed by atoms with Gasteiger partial charge in [-0.15, -0.1) is 0 Å². The molecule has 1 heterocycles. The highest BCUT2D eigenvalue weighted by Gasteiger charge is 2.35. The number of hydrogen-bond donors (Lipinski definition) is 2. The van der Waals surface area contributed by atoms with E-state index in [0.717, 1.165) is 0 Å². The van der Waals surface area contributed by atoms with Crippen LogP contribution in [0.15, 0.2) is 0 Å². The van der Waals surface area contributed by atoms with E-state index in [0.29, 0.717) is 6.42 Å². The summed E-state index contributed by atoms with van der Waals surface area (Å²) in [7, 11) is 0. The molecule has 10 heavy (non-hydrogen) atoms. The monoisotopic (exact) mass is 146 g/mol. The van der Waals surface area contributed by atoms with Crippen LogP contribution in [0.5, 0.6) is 0 Å². The summed E-state index contributed by atoms with van der Waals surface area (Å²) in [5.74, 6) is -1.39. The van der Waals surface area contributed by atoms with Gasteiger partial charge in [-0.25, -0.2) is 0 Å². The van der Waals surface area contributed by atoms with Crippen LogP contribution in [0.25, 0.3) is 0 Å². The lowest BCUT2D eigenvalue weighted by molar-refractivity contribution is -0.246. The molecule has 4 nitrogen and oxygen atoms in total. The number of rotatable bonds is 2. The van der Waals surface area contributed by atoms with E-state index in [9.17, 15) is 4.79 Å². The lowest BCUT2D eigenvalue weighted by Gasteiger charge is -2.34. The van der Waals surface area contributed by atoms with Crippen LogP contribution in [0.1, 0.15) is 13.3 Å². The van der Waals surface area contributed by atoms with Crippen molar-refractivity contribution in [3.63, 3.8) is 0 Å². The van der Waals surface area contributed by atoms with Crippen LogP contribution in [0.4, 0.5) is 0 Å². The van der Waals surface area contributed by atoms with Gasteiger partial charge in [0.2, 0.25) is 0 Å². The molecular formula is C6H10O4. The number of aliphatic carboxylic acids is 1. The van der Waals surface area contributed by atoms with Crippen LogP contribution in [-0.4, -0.2) is 28.6 Å². The summed E-state index contributed by atoms with van der Waals surface area (Å²) in [5.41, 5.74) is 0. The van der Waals surface area contributed by atoms with Crippen molar-refractivity contribution in [1.82, 2.24) is 0 Å². The maximum atomic E-state index is 10.3. The van der Waals surface area contributed by atoms with E-state index in [1.165, 1.54) is 0 Å². The number of hydrogen-bond acceptors (Lipinski definition) is 3. The number of carboxylic acid groups (broad SMARTS) is 1. The lowest BCUT2D eigenvalue weighted by Crippen LogP contribution is -2.43. The normalized spacial score (nSPS) is 34.6. The van der Waals surface area contributed by atoms with E-state index in [4.69, 9.17) is 14.9 Å². The van der Waals surface area contributed by atoms with Gasteiger partial charge in [-0.2, -0.15) is 0 Å². The summed E-state index contributed by atoms with van der Waals surface area (Å²) < 4.78 is 4.74. The Kier molecular flexibility index (Phi) is 1.92. The average Bonchev–Trinajstić information content (AvgIpc) is 1.79. The van der Waals surface area contributed by atoms with Crippen molar-refractivity contribution in [3.05, 3.63) is 0 Å². The molecule has 58 valence electrons. The molecule has 0 aliphatic carbocycles. The highest BCUT2D eigenvalue weighted by molar-refractivity contribution is 5.70. The van der Waals surface area contributed by atoms with E-state index < -0.39 is 18.2 Å². The molecule has 1 aliphatic heterocycles. The third kappa shape index (κ3) is 1.27. The van der Waals surface area contributed by atoms with Crippen molar-refractivity contribution in [3.8, 4) is 0 Å². The van der Waals surface area contributed by atoms with E-state index in [-0.39, 0.29) is 6.10 Å². The summed E-state index contributed by atoms with van der Waals surface area (Å²) in [4.78, 5) is 10.3. The smallest absolute Gasteiger partial charge is 0.308 e. The average molecular weight is 146 g/mol. The highest BCUT2D eigenvalue weighted by atomic mass is 16.6. The fourth-order valence-corrected chi connectivity index (χ4v) is 0.870. The molecule has 1 fully saturated rings. The Labute approximate surface area is 58.4 Å². The Balaban J connectivity index is 2.31. The summed E-state index contributed by atoms with van der Waals surface area (Å²) in [5, 5.41) is 17.1. The summed E-state index contributed by atoms with van der Waals surface area (Å²) in [6, 6.07) is 0. The molecule has 4 heteroatoms. The lowest BCUT2D eigenvalue weighted by atomic mass is 9.98. The fourth-order valence-electron chi connectivity index (χ4n) is 0.870. The number of carbonyl (C=O) groups is 1. The van der Waals surface area contributed by atoms with Gasteiger partial charge in [0.05, 0.1) is 12.0 Å². The van der Waals surface area contributed by atoms with Gasteiger partial charge in [0.1, 0.15) is 0 Å². The van der Waals surface area contributed by atoms with Crippen LogP contribution < -0.4 is 0 Å². The molecule has 0 aromatic rings. The van der Waals surface area contributed by atoms with Crippen molar-refractivity contribution in [2.24, 2.45) is 5.92 Å². The molecule has 0 radical (unpaired) electrons. The zero-order valence-electron chi connectivity index (χ0n) is 5.65. The zero-order valence-corrected chi connectivity index (χ0v) is 5.65. The van der Waals surface area contributed by atoms with Gasteiger partial charge in [0.15, 0.2) is 6.29 Å². The topological polar surface area (TPSA) is 66.8 Å². The molecule has 1 rings (SSSR count). The largest absolute Gasteiger partial charge is 0.481 e. The van der Waals surface area contributed by atoms with Gasteiger partial charge < -0.3 is 14.9 Å². The second-order valence-corrected chi connectivity index (χ2v) is 2.49. The Morgan fingerprint density at radius 1 is 1.80 bits per heavy atom. The molecule has 3 unspecified atom stereocenters. The predicted octanol–water partition coefficient (Wildman–Crippen LogP) is -0.186. The first-order chi connectivity index (χ1) is 4.61. The van der Waals surface area contributed by atoms with E-state index in [2.05, 4.69) is 0 Å². The first kappa shape index (κ1) is 7.50. The second-order valence-electron chi connectivity index (χ2n) is 2.49. The first-order valence-corrected chi connectivity index (χ1v) is 3.17. The number of aliphatic hydroxyl groups excluding tert-OH is 1. The van der Waals surface area contributed by atoms with Crippen molar-refractivity contribution >= 4 is 5.97 Å². The van der Waals surface area contributed by atoms with Gasteiger partial charge in [-0.1, -0.05) is 0 Å². The van der Waals surface area contributed by atoms with Crippen LogP contribution in [-0.2, 0) is 9.53 Å². The number of ether oxygens (including phenoxy) is 1. The SMILES string of the molecule is CC(C(=O)O)C1CC(O)O1. The third-order valence-corrected chi connectivity index (χ3v) is 1.71. The molecule has 0 saturated carbocycles. The van der Waals surface area contributed by atoms with Crippen molar-refractivity contribution < 1.29 is 19.7 Å². The van der Waals surface area contributed by atoms with Crippen molar-refractivity contribution in [2.45, 2.75) is 25.7 Å². The summed E-state index contributed by atoms with van der Waals surface area (Å²) >= 11 is 0. The Bertz CT molecular complexity index is 139. The maximum absolute atomic E-state index is 10.3. The van der Waals surface area contributed by atoms with Gasteiger partial charge in [-0.05, 0) is 6.92 Å². The zero-order chi connectivity index (χ0) is 7.72. The minimum Gasteiger partial charge on any atom is -0.481 e. The molecule has 3 atom stereocenters. The van der Waals surface area contributed by atoms with Crippen LogP contribution in [0.2, 0.25) is 0 Å². The summed E-state index contributed by atoms with van der Waals surface area (Å²) in [6.45, 7) is 1.57. The maximum Gasteiger partial charge on any atom is 0.308 e. The van der Waals surface area contributed by atoms with Gasteiger partial charge in [0.25, 0.3) is 0 Å². The standard InChI is InChI=1S/C6H10O4/c1-3(6(8)9)4-2-5(7)10-4/h3-5,7H,2H2,1H3,(H,8,9). The second kappa shape index (κ2) is 2.56. The summed E-state index contributed by atoms with van der Waals surface area (Å²) in [6.07, 6.45) is -0.604. The van der Waals surface area contributed by atoms with Crippen molar-refractivity contribution in [2.75, 3.05) is 0 Å². The minimum atomic E-state index is -0.878. The van der Waals surface area contributed by atoms with Gasteiger partial charge in [-0.3, -0.25) is 4.79 Å². The highest BCUT2D eigenvalue weighted by Crippen LogP contribution is 2.24. The van der Waals surface area contributed by atoms with Gasteiger partial charge >= 0.3 is 5.97 Å². The number of carboxylic acids is 1. The Morgan fingerprint density at radius 3 is 2.60 bits per heavy atom. The molecular weight excluding hydrogens is 136 g/mol. The molecule has 0 bridgehead atoms. The van der Waals surface area contributed by atoms with Crippen LogP contribution >= 0.6 is 0 Å². The third-order valence-electron chi connectivity index (χ3n) is 1.71. The minimum absolute atomic E-state index is 0.299. The van der Waals surface area contributed by atoms with E-state index >= 15 is 0 Å². The fraction of sp³-hybridized carbons (Fsp3) is 0.833. The number of aliphatic hydroxyl groups is 1. The Morgan fingerprint density at radius 2 is 2.30 bits per heavy atom.